The number of nitrogens with zero attached hydrogens (tertiary/aromatic N) is 1. The summed E-state index contributed by atoms with van der Waals surface area (Å²) in [7, 11) is 0. The first-order chi connectivity index (χ1) is 12.4. The van der Waals surface area contributed by atoms with E-state index in [4.69, 9.17) is 21.8 Å². The molecule has 0 spiro atoms. The number of furan rings is 1. The first kappa shape index (κ1) is 18.2. The fraction of sp³-hybridized carbons (Fsp3) is 0.389. The van der Waals surface area contributed by atoms with Crippen LogP contribution in [0.3, 0.4) is 0 Å². The van der Waals surface area contributed by atoms with Gasteiger partial charge in [0.25, 0.3) is 0 Å². The van der Waals surface area contributed by atoms with E-state index < -0.39 is 5.67 Å². The molecule has 0 amide bonds. The molecule has 4 nitrogen and oxygen atoms in total. The van der Waals surface area contributed by atoms with Gasteiger partial charge in [-0.1, -0.05) is 17.7 Å². The molecule has 3 aromatic rings. The van der Waals surface area contributed by atoms with Gasteiger partial charge in [-0.05, 0) is 46.6 Å². The molecule has 138 valence electrons. The van der Waals surface area contributed by atoms with Crippen molar-refractivity contribution in [3.05, 3.63) is 43.8 Å². The molecule has 3 aromatic heterocycles. The van der Waals surface area contributed by atoms with Crippen LogP contribution in [0.4, 0.5) is 10.1 Å². The molecule has 0 radical (unpaired) electrons. The standard InChI is InChI=1S/C18H18BrClFN3OS/c19-15-13(6-10(22)8-18(21)3-4-18)25-17-12(7-14(20)24-16(15)17)23-9-11-2-1-5-26-11/h1-2,5,7,10H,3-4,6,8-9,22H2,(H,23,24)/t10-/m1/s1. The molecule has 4 rings (SSSR count). The van der Waals surface area contributed by atoms with Crippen molar-refractivity contribution in [1.29, 1.82) is 0 Å². The predicted molar refractivity (Wildman–Crippen MR) is 108 cm³/mol. The van der Waals surface area contributed by atoms with Gasteiger partial charge in [0.2, 0.25) is 0 Å². The van der Waals surface area contributed by atoms with Crippen molar-refractivity contribution in [1.82, 2.24) is 4.98 Å². The molecule has 3 heterocycles. The maximum absolute atomic E-state index is 13.9. The number of rotatable bonds is 7. The summed E-state index contributed by atoms with van der Waals surface area (Å²) < 4.78 is 20.7. The average molecular weight is 459 g/mol. The number of nitrogens with two attached hydrogens (primary N) is 1. The molecule has 8 heteroatoms. The monoisotopic (exact) mass is 457 g/mol. The van der Waals surface area contributed by atoms with Crippen LogP contribution in [0.25, 0.3) is 11.1 Å². The highest BCUT2D eigenvalue weighted by molar-refractivity contribution is 9.10. The fourth-order valence-electron chi connectivity index (χ4n) is 3.03. The maximum Gasteiger partial charge on any atom is 0.177 e. The van der Waals surface area contributed by atoms with Gasteiger partial charge in [-0.25, -0.2) is 9.37 Å². The molecule has 1 aliphatic rings. The van der Waals surface area contributed by atoms with Crippen molar-refractivity contribution < 1.29 is 8.81 Å². The molecule has 3 N–H and O–H groups in total. The van der Waals surface area contributed by atoms with Crippen LogP contribution in [0.2, 0.25) is 5.15 Å². The van der Waals surface area contributed by atoms with Crippen molar-refractivity contribution in [2.45, 2.75) is 43.9 Å². The molecule has 1 atom stereocenters. The number of nitrogens with one attached hydrogen (secondary N) is 1. The Kier molecular flexibility index (Phi) is 4.98. The van der Waals surface area contributed by atoms with Gasteiger partial charge in [-0.3, -0.25) is 0 Å². The van der Waals surface area contributed by atoms with E-state index in [1.54, 1.807) is 17.4 Å². The maximum atomic E-state index is 13.9. The molecule has 1 saturated carbocycles. The van der Waals surface area contributed by atoms with Crippen LogP contribution in [0.15, 0.2) is 32.5 Å². The first-order valence-corrected chi connectivity index (χ1v) is 10.5. The summed E-state index contributed by atoms with van der Waals surface area (Å²) in [6.07, 6.45) is 2.02. The number of alkyl halides is 1. The lowest BCUT2D eigenvalue weighted by Crippen LogP contribution is -2.27. The van der Waals surface area contributed by atoms with Crippen LogP contribution in [-0.4, -0.2) is 16.7 Å². The number of fused-ring (bicyclic) bond motifs is 1. The van der Waals surface area contributed by atoms with Gasteiger partial charge < -0.3 is 15.5 Å². The largest absolute Gasteiger partial charge is 0.456 e. The summed E-state index contributed by atoms with van der Waals surface area (Å²) >= 11 is 11.4. The van der Waals surface area contributed by atoms with Crippen LogP contribution in [0.1, 0.15) is 29.9 Å². The Morgan fingerprint density at radius 2 is 2.31 bits per heavy atom. The van der Waals surface area contributed by atoms with E-state index in [0.29, 0.717) is 54.2 Å². The molecular formula is C18H18BrClFN3OS. The SMILES string of the molecule is N[C@H](Cc1oc2c(NCc3cccs3)cc(Cl)nc2c1Br)CC1(F)CC1. The van der Waals surface area contributed by atoms with Crippen molar-refractivity contribution in [3.63, 3.8) is 0 Å². The number of hydrogen-bond donors (Lipinski definition) is 2. The van der Waals surface area contributed by atoms with E-state index in [9.17, 15) is 4.39 Å². The smallest absolute Gasteiger partial charge is 0.177 e. The van der Waals surface area contributed by atoms with Crippen LogP contribution in [0.5, 0.6) is 0 Å². The van der Waals surface area contributed by atoms with Gasteiger partial charge in [0, 0.05) is 30.0 Å². The van der Waals surface area contributed by atoms with Crippen molar-refractivity contribution >= 4 is 55.7 Å². The van der Waals surface area contributed by atoms with Crippen molar-refractivity contribution in [2.75, 3.05) is 5.32 Å². The summed E-state index contributed by atoms with van der Waals surface area (Å²) in [4.78, 5) is 5.57. The van der Waals surface area contributed by atoms with E-state index in [2.05, 4.69) is 32.3 Å². The van der Waals surface area contributed by atoms with Gasteiger partial charge in [0.15, 0.2) is 5.58 Å². The predicted octanol–water partition coefficient (Wildman–Crippen LogP) is 5.68. The molecule has 0 aliphatic heterocycles. The summed E-state index contributed by atoms with van der Waals surface area (Å²) in [5, 5.41) is 5.77. The lowest BCUT2D eigenvalue weighted by Gasteiger charge is -2.12. The highest BCUT2D eigenvalue weighted by Gasteiger charge is 2.44. The Balaban J connectivity index is 1.59. The third-order valence-corrected chi connectivity index (χ3v) is 6.41. The van der Waals surface area contributed by atoms with Gasteiger partial charge in [0.05, 0.1) is 10.2 Å². The van der Waals surface area contributed by atoms with Crippen LogP contribution in [0, 0.1) is 0 Å². The second-order valence-electron chi connectivity index (χ2n) is 6.76. The Morgan fingerprint density at radius 3 is 3.00 bits per heavy atom. The van der Waals surface area contributed by atoms with Gasteiger partial charge in [-0.15, -0.1) is 11.3 Å². The number of hydrogen-bond acceptors (Lipinski definition) is 5. The molecule has 1 fully saturated rings. The molecule has 26 heavy (non-hydrogen) atoms. The molecule has 0 unspecified atom stereocenters. The van der Waals surface area contributed by atoms with Gasteiger partial charge >= 0.3 is 0 Å². The fourth-order valence-corrected chi connectivity index (χ4v) is 4.38. The number of pyridine rings is 1. The number of aromatic nitrogens is 1. The average Bonchev–Trinajstić information content (AvgIpc) is 2.98. The molecule has 0 bridgehead atoms. The van der Waals surface area contributed by atoms with Crippen LogP contribution in [-0.2, 0) is 13.0 Å². The number of halogens is 3. The van der Waals surface area contributed by atoms with Gasteiger partial charge in [0.1, 0.15) is 22.1 Å². The van der Waals surface area contributed by atoms with Crippen molar-refractivity contribution in [3.8, 4) is 0 Å². The Morgan fingerprint density at radius 1 is 1.50 bits per heavy atom. The third-order valence-electron chi connectivity index (χ3n) is 4.52. The second-order valence-corrected chi connectivity index (χ2v) is 8.97. The summed E-state index contributed by atoms with van der Waals surface area (Å²) in [6.45, 7) is 0.671. The molecule has 0 aromatic carbocycles. The Hall–Kier alpha value is -1.15. The Bertz CT molecular complexity index is 926. The summed E-state index contributed by atoms with van der Waals surface area (Å²) in [5.74, 6) is 0.672. The topological polar surface area (TPSA) is 64.1 Å². The molecule has 1 aliphatic carbocycles. The van der Waals surface area contributed by atoms with Crippen LogP contribution < -0.4 is 11.1 Å². The van der Waals surface area contributed by atoms with Gasteiger partial charge in [-0.2, -0.15) is 0 Å². The highest BCUT2D eigenvalue weighted by Crippen LogP contribution is 2.44. The Labute approximate surface area is 168 Å². The quantitative estimate of drug-likeness (QED) is 0.447. The lowest BCUT2D eigenvalue weighted by molar-refractivity contribution is 0.267. The summed E-state index contributed by atoms with van der Waals surface area (Å²) in [6, 6.07) is 5.53. The zero-order valence-electron chi connectivity index (χ0n) is 13.9. The van der Waals surface area contributed by atoms with E-state index in [0.717, 1.165) is 10.2 Å². The minimum atomic E-state index is -1.08. The third kappa shape index (κ3) is 3.91. The minimum Gasteiger partial charge on any atom is -0.456 e. The van der Waals surface area contributed by atoms with E-state index in [-0.39, 0.29) is 6.04 Å². The van der Waals surface area contributed by atoms with E-state index >= 15 is 0 Å². The zero-order chi connectivity index (χ0) is 18.3. The number of thiophene rings is 1. The first-order valence-electron chi connectivity index (χ1n) is 8.42. The second kappa shape index (κ2) is 7.11. The summed E-state index contributed by atoms with van der Waals surface area (Å²) in [5.41, 5.74) is 7.11. The normalized spacial score (nSPS) is 16.8. The molecule has 0 saturated heterocycles. The highest BCUT2D eigenvalue weighted by atomic mass is 79.9. The van der Waals surface area contributed by atoms with Crippen molar-refractivity contribution in [2.24, 2.45) is 5.73 Å². The molecular weight excluding hydrogens is 441 g/mol. The van der Waals surface area contributed by atoms with Crippen LogP contribution >= 0.6 is 38.9 Å². The number of anilines is 1. The minimum absolute atomic E-state index is 0.294. The van der Waals surface area contributed by atoms with E-state index in [1.165, 1.54) is 4.88 Å². The zero-order valence-corrected chi connectivity index (χ0v) is 17.1. The lowest BCUT2D eigenvalue weighted by atomic mass is 10.1. The van der Waals surface area contributed by atoms with E-state index in [1.807, 2.05) is 11.4 Å².